The first-order valence-corrected chi connectivity index (χ1v) is 12.1. The zero-order valence-electron chi connectivity index (χ0n) is 19.8. The number of amides is 3. The van der Waals surface area contributed by atoms with Crippen LogP contribution in [-0.4, -0.2) is 67.0 Å². The molecule has 182 valence electrons. The molecule has 8 nitrogen and oxygen atoms in total. The molecule has 3 rings (SSSR count). The Hall–Kier alpha value is -2.32. The average Bonchev–Trinajstić information content (AvgIpc) is 3.31. The quantitative estimate of drug-likeness (QED) is 0.625. The van der Waals surface area contributed by atoms with Gasteiger partial charge in [0.25, 0.3) is 0 Å². The molecule has 2 fully saturated rings. The number of hydrogen-bond donors (Lipinski definition) is 2. The van der Waals surface area contributed by atoms with Crippen molar-refractivity contribution in [3.8, 4) is 0 Å². The molecule has 1 aromatic rings. The van der Waals surface area contributed by atoms with E-state index in [0.717, 1.165) is 43.6 Å². The van der Waals surface area contributed by atoms with Gasteiger partial charge in [-0.3, -0.25) is 14.5 Å². The van der Waals surface area contributed by atoms with E-state index >= 15 is 0 Å². The second-order valence-corrected chi connectivity index (χ2v) is 9.46. The molecule has 3 amide bonds. The molecule has 1 aliphatic heterocycles. The molecule has 1 saturated heterocycles. The first-order valence-electron chi connectivity index (χ1n) is 11.7. The lowest BCUT2D eigenvalue weighted by atomic mass is 10.0. The molecule has 0 bridgehead atoms. The van der Waals surface area contributed by atoms with Gasteiger partial charge in [-0.25, -0.2) is 4.79 Å². The summed E-state index contributed by atoms with van der Waals surface area (Å²) in [6.07, 6.45) is 3.88. The van der Waals surface area contributed by atoms with Crippen molar-refractivity contribution in [1.29, 1.82) is 0 Å². The minimum Gasteiger partial charge on any atom is -0.449 e. The maximum atomic E-state index is 12.9. The van der Waals surface area contributed by atoms with Gasteiger partial charge in [0.2, 0.25) is 11.8 Å². The van der Waals surface area contributed by atoms with E-state index in [0.29, 0.717) is 23.2 Å². The summed E-state index contributed by atoms with van der Waals surface area (Å²) in [5.74, 6) is 0.286. The van der Waals surface area contributed by atoms with Crippen LogP contribution in [0.5, 0.6) is 0 Å². The van der Waals surface area contributed by atoms with Crippen LogP contribution >= 0.6 is 11.6 Å². The highest BCUT2D eigenvalue weighted by atomic mass is 35.5. The Bertz CT molecular complexity index is 872. The van der Waals surface area contributed by atoms with Crippen molar-refractivity contribution < 1.29 is 19.1 Å². The summed E-state index contributed by atoms with van der Waals surface area (Å²) >= 11 is 6.35. The fraction of sp³-hybridized carbons (Fsp3) is 0.625. The third-order valence-electron chi connectivity index (χ3n) is 6.61. The number of carbonyl (C=O) groups excluding carboxylic acids is 3. The van der Waals surface area contributed by atoms with Crippen molar-refractivity contribution in [2.24, 2.45) is 5.92 Å². The Morgan fingerprint density at radius 1 is 1.18 bits per heavy atom. The predicted octanol–water partition coefficient (Wildman–Crippen LogP) is 3.56. The number of nitrogens with one attached hydrogen (secondary N) is 2. The van der Waals surface area contributed by atoms with E-state index in [1.807, 2.05) is 13.0 Å². The topological polar surface area (TPSA) is 91.0 Å². The number of nitrogens with zero attached hydrogens (tertiary/aromatic N) is 2. The smallest absolute Gasteiger partial charge is 0.406 e. The van der Waals surface area contributed by atoms with E-state index in [1.165, 1.54) is 19.9 Å². The SMILES string of the molecule is CNC(=O)OCCC(=O)Nc1cc(Cl)cc(CN2CCN(C(=O)C3CCCC3)C(C)C2)c1C. The number of anilines is 1. The molecule has 1 aliphatic carbocycles. The summed E-state index contributed by atoms with van der Waals surface area (Å²) in [5, 5.41) is 5.77. The highest BCUT2D eigenvalue weighted by Crippen LogP contribution is 2.29. The van der Waals surface area contributed by atoms with Crippen LogP contribution in [0.3, 0.4) is 0 Å². The van der Waals surface area contributed by atoms with Gasteiger partial charge >= 0.3 is 6.09 Å². The second-order valence-electron chi connectivity index (χ2n) is 9.02. The fourth-order valence-electron chi connectivity index (χ4n) is 4.70. The zero-order valence-corrected chi connectivity index (χ0v) is 20.5. The molecule has 1 atom stereocenters. The van der Waals surface area contributed by atoms with Crippen LogP contribution in [0.15, 0.2) is 12.1 Å². The van der Waals surface area contributed by atoms with Crippen molar-refractivity contribution in [3.63, 3.8) is 0 Å². The molecular weight excluding hydrogens is 444 g/mol. The number of alkyl carbamates (subject to hydrolysis) is 1. The Balaban J connectivity index is 1.57. The molecule has 1 saturated carbocycles. The lowest BCUT2D eigenvalue weighted by molar-refractivity contribution is -0.140. The lowest BCUT2D eigenvalue weighted by Crippen LogP contribution is -2.54. The third-order valence-corrected chi connectivity index (χ3v) is 6.83. The second kappa shape index (κ2) is 11.7. The lowest BCUT2D eigenvalue weighted by Gasteiger charge is -2.41. The number of ether oxygens (including phenoxy) is 1. The number of carbonyl (C=O) groups is 3. The van der Waals surface area contributed by atoms with Gasteiger partial charge in [0, 0.05) is 55.9 Å². The standard InChI is InChI=1S/C24H35ClN4O4/c1-16-14-28(9-10-29(16)23(31)18-6-4-5-7-18)15-19-12-20(25)13-21(17(19)2)27-22(30)8-11-33-24(32)26-3/h12-13,16,18H,4-11,14-15H2,1-3H3,(H,26,32)(H,27,30). The highest BCUT2D eigenvalue weighted by molar-refractivity contribution is 6.31. The van der Waals surface area contributed by atoms with E-state index in [9.17, 15) is 14.4 Å². The largest absolute Gasteiger partial charge is 0.449 e. The van der Waals surface area contributed by atoms with Crippen LogP contribution in [0.1, 0.15) is 50.2 Å². The van der Waals surface area contributed by atoms with Crippen LogP contribution < -0.4 is 10.6 Å². The summed E-state index contributed by atoms with van der Waals surface area (Å²) in [4.78, 5) is 40.7. The van der Waals surface area contributed by atoms with Crippen molar-refractivity contribution in [1.82, 2.24) is 15.1 Å². The van der Waals surface area contributed by atoms with Crippen LogP contribution in [-0.2, 0) is 20.9 Å². The minimum absolute atomic E-state index is 0.000277. The molecule has 1 aromatic carbocycles. The van der Waals surface area contributed by atoms with E-state index in [2.05, 4.69) is 27.4 Å². The van der Waals surface area contributed by atoms with E-state index < -0.39 is 6.09 Å². The van der Waals surface area contributed by atoms with Crippen LogP contribution in [0.2, 0.25) is 5.02 Å². The molecule has 2 N–H and O–H groups in total. The van der Waals surface area contributed by atoms with Crippen molar-refractivity contribution in [2.75, 3.05) is 38.6 Å². The van der Waals surface area contributed by atoms with E-state index in [-0.39, 0.29) is 30.9 Å². The molecule has 9 heteroatoms. The predicted molar refractivity (Wildman–Crippen MR) is 128 cm³/mol. The van der Waals surface area contributed by atoms with Crippen molar-refractivity contribution >= 4 is 35.2 Å². The molecule has 33 heavy (non-hydrogen) atoms. The van der Waals surface area contributed by atoms with Gasteiger partial charge in [0.15, 0.2) is 0 Å². The van der Waals surface area contributed by atoms with Gasteiger partial charge in [0.05, 0.1) is 6.42 Å². The number of halogens is 1. The number of rotatable bonds is 7. The van der Waals surface area contributed by atoms with Gasteiger partial charge in [-0.2, -0.15) is 0 Å². The normalized spacial score (nSPS) is 19.4. The van der Waals surface area contributed by atoms with Gasteiger partial charge < -0.3 is 20.3 Å². The maximum absolute atomic E-state index is 12.9. The first kappa shape index (κ1) is 25.3. The maximum Gasteiger partial charge on any atom is 0.406 e. The van der Waals surface area contributed by atoms with Gasteiger partial charge in [-0.1, -0.05) is 24.4 Å². The Labute approximate surface area is 201 Å². The number of hydrogen-bond acceptors (Lipinski definition) is 5. The van der Waals surface area contributed by atoms with Crippen LogP contribution in [0, 0.1) is 12.8 Å². The molecule has 0 aromatic heterocycles. The summed E-state index contributed by atoms with van der Waals surface area (Å²) in [6, 6.07) is 3.84. The Kier molecular flexibility index (Phi) is 8.97. The number of piperazine rings is 1. The average molecular weight is 479 g/mol. The summed E-state index contributed by atoms with van der Waals surface area (Å²) in [7, 11) is 1.47. The van der Waals surface area contributed by atoms with Crippen LogP contribution in [0.4, 0.5) is 10.5 Å². The molecule has 0 spiro atoms. The Morgan fingerprint density at radius 3 is 2.58 bits per heavy atom. The monoisotopic (exact) mass is 478 g/mol. The minimum atomic E-state index is -0.566. The van der Waals surface area contributed by atoms with Crippen molar-refractivity contribution in [3.05, 3.63) is 28.3 Å². The zero-order chi connectivity index (χ0) is 24.0. The van der Waals surface area contributed by atoms with E-state index in [1.54, 1.807) is 6.07 Å². The highest BCUT2D eigenvalue weighted by Gasteiger charge is 2.33. The molecule has 1 unspecified atom stereocenters. The third kappa shape index (κ3) is 6.84. The Morgan fingerprint density at radius 2 is 1.91 bits per heavy atom. The number of benzene rings is 1. The molecule has 1 heterocycles. The van der Waals surface area contributed by atoms with E-state index in [4.69, 9.17) is 16.3 Å². The summed E-state index contributed by atoms with van der Waals surface area (Å²) < 4.78 is 4.87. The molecule has 0 radical (unpaired) electrons. The van der Waals surface area contributed by atoms with Gasteiger partial charge in [0.1, 0.15) is 6.61 Å². The summed E-state index contributed by atoms with van der Waals surface area (Å²) in [6.45, 7) is 7.15. The van der Waals surface area contributed by atoms with Gasteiger partial charge in [-0.15, -0.1) is 0 Å². The first-order chi connectivity index (χ1) is 15.8. The molecular formula is C24H35ClN4O4. The van der Waals surface area contributed by atoms with Gasteiger partial charge in [-0.05, 0) is 49.9 Å². The fourth-order valence-corrected chi connectivity index (χ4v) is 4.94. The summed E-state index contributed by atoms with van der Waals surface area (Å²) in [5.41, 5.74) is 2.66. The van der Waals surface area contributed by atoms with Crippen LogP contribution in [0.25, 0.3) is 0 Å². The van der Waals surface area contributed by atoms with Crippen molar-refractivity contribution in [2.45, 2.75) is 58.5 Å². The molecule has 2 aliphatic rings.